The van der Waals surface area contributed by atoms with Gasteiger partial charge in [0.25, 0.3) is 0 Å². The van der Waals surface area contributed by atoms with Crippen LogP contribution in [-0.2, 0) is 0 Å². The number of nitroso groups, excluding NO2 is 1. The summed E-state index contributed by atoms with van der Waals surface area (Å²) >= 11 is 0. The lowest BCUT2D eigenvalue weighted by Gasteiger charge is -2.06. The van der Waals surface area contributed by atoms with Gasteiger partial charge >= 0.3 is 0 Å². The minimum atomic E-state index is -0.357. The molecule has 0 fully saturated rings. The van der Waals surface area contributed by atoms with Gasteiger partial charge in [-0.25, -0.2) is 4.39 Å². The van der Waals surface area contributed by atoms with Crippen molar-refractivity contribution in [2.45, 2.75) is 26.3 Å². The summed E-state index contributed by atoms with van der Waals surface area (Å²) in [5, 5.41) is 2.99. The molecule has 15 heavy (non-hydrogen) atoms. The Balaban J connectivity index is 2.96. The summed E-state index contributed by atoms with van der Waals surface area (Å²) in [5.41, 5.74) is 1.29. The smallest absolute Gasteiger partial charge is 0.130 e. The zero-order valence-electron chi connectivity index (χ0n) is 8.90. The predicted molar refractivity (Wildman–Crippen MR) is 59.9 cm³/mol. The number of hydrogen-bond acceptors (Lipinski definition) is 2. The maximum absolute atomic E-state index is 13.3. The van der Waals surface area contributed by atoms with Gasteiger partial charge < -0.3 is 0 Å². The molecule has 0 aliphatic rings. The quantitative estimate of drug-likeness (QED) is 0.691. The molecule has 0 amide bonds. The highest BCUT2D eigenvalue weighted by atomic mass is 19.1. The molecule has 1 aromatic carbocycles. The van der Waals surface area contributed by atoms with Crippen LogP contribution in [-0.4, -0.2) is 6.04 Å². The Morgan fingerprint density at radius 2 is 2.20 bits per heavy atom. The molecule has 0 saturated heterocycles. The maximum Gasteiger partial charge on any atom is 0.130 e. The first kappa shape index (κ1) is 11.6. The minimum absolute atomic E-state index is 0.280. The van der Waals surface area contributed by atoms with Gasteiger partial charge in [0, 0.05) is 5.56 Å². The van der Waals surface area contributed by atoms with Gasteiger partial charge in [-0.1, -0.05) is 36.4 Å². The molecule has 3 heteroatoms. The molecule has 80 valence electrons. The van der Waals surface area contributed by atoms with Gasteiger partial charge in [-0.2, -0.15) is 4.91 Å². The fraction of sp³-hybridized carbons (Fsp3) is 0.333. The molecular formula is C12H14FNO. The topological polar surface area (TPSA) is 29.4 Å². The van der Waals surface area contributed by atoms with Gasteiger partial charge in [-0.3, -0.25) is 0 Å². The van der Waals surface area contributed by atoms with Crippen LogP contribution in [0.1, 0.15) is 25.8 Å². The zero-order valence-corrected chi connectivity index (χ0v) is 8.90. The van der Waals surface area contributed by atoms with Crippen LogP contribution in [0.5, 0.6) is 0 Å². The number of benzene rings is 1. The molecule has 0 bridgehead atoms. The van der Waals surface area contributed by atoms with Crippen LogP contribution in [0.25, 0.3) is 6.08 Å². The Kier molecular flexibility index (Phi) is 4.16. The van der Waals surface area contributed by atoms with Crippen molar-refractivity contribution >= 4 is 6.08 Å². The molecule has 0 spiro atoms. The van der Waals surface area contributed by atoms with Crippen molar-refractivity contribution in [2.75, 3.05) is 0 Å². The van der Waals surface area contributed by atoms with Crippen molar-refractivity contribution in [3.63, 3.8) is 0 Å². The number of hydrogen-bond donors (Lipinski definition) is 0. The van der Waals surface area contributed by atoms with E-state index in [1.165, 1.54) is 6.07 Å². The van der Waals surface area contributed by atoms with Crippen LogP contribution in [0, 0.1) is 10.7 Å². The highest BCUT2D eigenvalue weighted by molar-refractivity contribution is 5.54. The summed E-state index contributed by atoms with van der Waals surface area (Å²) in [6, 6.07) is 6.11. The van der Waals surface area contributed by atoms with Crippen LogP contribution in [0.2, 0.25) is 0 Å². The van der Waals surface area contributed by atoms with E-state index >= 15 is 0 Å². The molecule has 0 aromatic heterocycles. The number of halogens is 1. The molecule has 0 aliphatic carbocycles. The Labute approximate surface area is 88.8 Å². The summed E-state index contributed by atoms with van der Waals surface area (Å²) in [6.07, 6.45) is 2.31. The van der Waals surface area contributed by atoms with Crippen LogP contribution in [0.4, 0.5) is 4.39 Å². The lowest BCUT2D eigenvalue weighted by Crippen LogP contribution is -2.02. The highest BCUT2D eigenvalue weighted by Gasteiger charge is 2.08. The molecule has 0 saturated carbocycles. The van der Waals surface area contributed by atoms with E-state index in [-0.39, 0.29) is 11.9 Å². The summed E-state index contributed by atoms with van der Waals surface area (Å²) in [6.45, 7) is 3.67. The summed E-state index contributed by atoms with van der Waals surface area (Å²) in [4.78, 5) is 10.5. The standard InChI is InChI=1S/C12H14FNO/c1-3-12(14-15)9(2)8-10-6-4-5-7-11(10)13/h4-8,12H,3H2,1-2H3. The van der Waals surface area contributed by atoms with Crippen LogP contribution in [0.3, 0.4) is 0 Å². The van der Waals surface area contributed by atoms with Crippen molar-refractivity contribution in [1.82, 2.24) is 0 Å². The molecular weight excluding hydrogens is 193 g/mol. The van der Waals surface area contributed by atoms with E-state index in [0.29, 0.717) is 12.0 Å². The fourth-order valence-corrected chi connectivity index (χ4v) is 1.41. The van der Waals surface area contributed by atoms with Crippen molar-refractivity contribution in [1.29, 1.82) is 0 Å². The van der Waals surface area contributed by atoms with E-state index in [2.05, 4.69) is 5.18 Å². The summed E-state index contributed by atoms with van der Waals surface area (Å²) in [7, 11) is 0. The molecule has 1 unspecified atom stereocenters. The van der Waals surface area contributed by atoms with Crippen LogP contribution in [0.15, 0.2) is 35.0 Å². The molecule has 0 radical (unpaired) electrons. The van der Waals surface area contributed by atoms with E-state index in [1.54, 1.807) is 31.2 Å². The first-order valence-electron chi connectivity index (χ1n) is 4.94. The van der Waals surface area contributed by atoms with E-state index in [0.717, 1.165) is 5.57 Å². The van der Waals surface area contributed by atoms with Crippen molar-refractivity contribution in [2.24, 2.45) is 5.18 Å². The van der Waals surface area contributed by atoms with Crippen LogP contribution >= 0.6 is 0 Å². The third-order valence-corrected chi connectivity index (χ3v) is 2.33. The maximum atomic E-state index is 13.3. The Morgan fingerprint density at radius 1 is 1.53 bits per heavy atom. The van der Waals surface area contributed by atoms with Gasteiger partial charge in [0.1, 0.15) is 11.9 Å². The Morgan fingerprint density at radius 3 is 2.73 bits per heavy atom. The number of rotatable bonds is 4. The van der Waals surface area contributed by atoms with Gasteiger partial charge in [-0.05, 0) is 25.0 Å². The first-order chi connectivity index (χ1) is 7.19. The highest BCUT2D eigenvalue weighted by Crippen LogP contribution is 2.16. The van der Waals surface area contributed by atoms with E-state index < -0.39 is 0 Å². The first-order valence-corrected chi connectivity index (χ1v) is 4.94. The van der Waals surface area contributed by atoms with Crippen molar-refractivity contribution in [3.8, 4) is 0 Å². The third-order valence-electron chi connectivity index (χ3n) is 2.33. The van der Waals surface area contributed by atoms with E-state index in [4.69, 9.17) is 0 Å². The molecule has 1 aromatic rings. The van der Waals surface area contributed by atoms with Gasteiger partial charge in [0.2, 0.25) is 0 Å². The molecule has 0 heterocycles. The SMILES string of the molecule is CCC(N=O)C(C)=Cc1ccccc1F. The summed E-state index contributed by atoms with van der Waals surface area (Å²) in [5.74, 6) is -0.280. The Bertz CT molecular complexity index is 374. The lowest BCUT2D eigenvalue weighted by atomic mass is 10.0. The van der Waals surface area contributed by atoms with Gasteiger partial charge in [-0.15, -0.1) is 0 Å². The normalized spacial score (nSPS) is 13.7. The average molecular weight is 207 g/mol. The van der Waals surface area contributed by atoms with E-state index in [1.807, 2.05) is 6.92 Å². The second-order valence-corrected chi connectivity index (χ2v) is 3.44. The lowest BCUT2D eigenvalue weighted by molar-refractivity contribution is 0.624. The zero-order chi connectivity index (χ0) is 11.3. The molecule has 2 nitrogen and oxygen atoms in total. The van der Waals surface area contributed by atoms with Crippen molar-refractivity contribution < 1.29 is 4.39 Å². The van der Waals surface area contributed by atoms with Gasteiger partial charge in [0.15, 0.2) is 0 Å². The second-order valence-electron chi connectivity index (χ2n) is 3.44. The predicted octanol–water partition coefficient (Wildman–Crippen LogP) is 3.77. The summed E-state index contributed by atoms with van der Waals surface area (Å²) < 4.78 is 13.3. The third kappa shape index (κ3) is 2.98. The molecule has 1 atom stereocenters. The molecule has 1 rings (SSSR count). The largest absolute Gasteiger partial charge is 0.206 e. The Hall–Kier alpha value is -1.51. The fourth-order valence-electron chi connectivity index (χ4n) is 1.41. The van der Waals surface area contributed by atoms with Gasteiger partial charge in [0.05, 0.1) is 0 Å². The van der Waals surface area contributed by atoms with Crippen LogP contribution < -0.4 is 0 Å². The van der Waals surface area contributed by atoms with Crippen molar-refractivity contribution in [3.05, 3.63) is 46.1 Å². The molecule has 0 aliphatic heterocycles. The average Bonchev–Trinajstić information content (AvgIpc) is 2.23. The molecule has 0 N–H and O–H groups in total. The van der Waals surface area contributed by atoms with E-state index in [9.17, 15) is 9.30 Å². The second kappa shape index (κ2) is 5.39. The minimum Gasteiger partial charge on any atom is -0.206 e. The monoisotopic (exact) mass is 207 g/mol. The number of nitrogens with zero attached hydrogens (tertiary/aromatic N) is 1.